The molecular formula is C11H15NOS. The van der Waals surface area contributed by atoms with Gasteiger partial charge in [-0.2, -0.15) is 0 Å². The average Bonchev–Trinajstić information content (AvgIpc) is 2.36. The highest BCUT2D eigenvalue weighted by Gasteiger charge is 2.18. The summed E-state index contributed by atoms with van der Waals surface area (Å²) in [7, 11) is 0. The molecule has 0 aromatic carbocycles. The summed E-state index contributed by atoms with van der Waals surface area (Å²) in [5, 5.41) is 3.39. The number of hydrogen-bond acceptors (Lipinski definition) is 3. The first kappa shape index (κ1) is 9.87. The molecule has 0 saturated carbocycles. The van der Waals surface area contributed by atoms with Crippen LogP contribution in [0.25, 0.3) is 0 Å². The molecule has 3 heteroatoms. The molecule has 0 radical (unpaired) electrons. The molecule has 1 saturated heterocycles. The van der Waals surface area contributed by atoms with Crippen molar-refractivity contribution in [2.45, 2.75) is 13.8 Å². The van der Waals surface area contributed by atoms with E-state index in [9.17, 15) is 0 Å². The van der Waals surface area contributed by atoms with Crippen molar-refractivity contribution in [3.63, 3.8) is 0 Å². The Kier molecular flexibility index (Phi) is 2.70. The maximum absolute atomic E-state index is 5.40. The minimum Gasteiger partial charge on any atom is -0.382 e. The van der Waals surface area contributed by atoms with Gasteiger partial charge in [0.05, 0.1) is 11.5 Å². The summed E-state index contributed by atoms with van der Waals surface area (Å²) in [6.45, 7) is 6.03. The van der Waals surface area contributed by atoms with Crippen LogP contribution in [-0.2, 0) is 4.18 Å². The van der Waals surface area contributed by atoms with Gasteiger partial charge in [0, 0.05) is 29.7 Å². The standard InChI is InChI=1S/C11H15NOS/c1-11(2)5-3-4-10-9(8-11)12-6-7-13-14-10/h3-5,8,12H,6-7H2,1-2H3. The third kappa shape index (κ3) is 2.22. The summed E-state index contributed by atoms with van der Waals surface area (Å²) in [5.74, 6) is 0. The molecule has 0 unspecified atom stereocenters. The lowest BCUT2D eigenvalue weighted by molar-refractivity contribution is 0.382. The lowest BCUT2D eigenvalue weighted by Gasteiger charge is -2.16. The second-order valence-electron chi connectivity index (χ2n) is 4.10. The molecule has 0 spiro atoms. The van der Waals surface area contributed by atoms with Crippen LogP contribution in [0.5, 0.6) is 0 Å². The largest absolute Gasteiger partial charge is 0.382 e. The van der Waals surface area contributed by atoms with Gasteiger partial charge in [-0.15, -0.1) is 0 Å². The first-order valence-corrected chi connectivity index (χ1v) is 5.58. The van der Waals surface area contributed by atoms with Gasteiger partial charge in [0.2, 0.25) is 0 Å². The van der Waals surface area contributed by atoms with Gasteiger partial charge in [0.15, 0.2) is 0 Å². The van der Waals surface area contributed by atoms with Crippen LogP contribution in [0.3, 0.4) is 0 Å². The Balaban J connectivity index is 2.33. The predicted molar refractivity (Wildman–Crippen MR) is 60.6 cm³/mol. The summed E-state index contributed by atoms with van der Waals surface area (Å²) in [6.07, 6.45) is 8.65. The molecule has 1 aliphatic carbocycles. The van der Waals surface area contributed by atoms with Crippen LogP contribution in [0.1, 0.15) is 13.8 Å². The second-order valence-corrected chi connectivity index (χ2v) is 4.94. The van der Waals surface area contributed by atoms with E-state index >= 15 is 0 Å². The third-order valence-corrected chi connectivity index (χ3v) is 3.02. The van der Waals surface area contributed by atoms with Crippen molar-refractivity contribution < 1.29 is 4.18 Å². The zero-order chi connectivity index (χ0) is 10.0. The van der Waals surface area contributed by atoms with Gasteiger partial charge in [-0.3, -0.25) is 0 Å². The molecular weight excluding hydrogens is 194 g/mol. The van der Waals surface area contributed by atoms with E-state index in [2.05, 4.69) is 43.5 Å². The Morgan fingerprint density at radius 1 is 1.50 bits per heavy atom. The topological polar surface area (TPSA) is 21.3 Å². The zero-order valence-corrected chi connectivity index (χ0v) is 9.36. The normalized spacial score (nSPS) is 25.0. The third-order valence-electron chi connectivity index (χ3n) is 2.20. The van der Waals surface area contributed by atoms with E-state index < -0.39 is 0 Å². The predicted octanol–water partition coefficient (Wildman–Crippen LogP) is 2.62. The quantitative estimate of drug-likeness (QED) is 0.620. The van der Waals surface area contributed by atoms with Crippen molar-refractivity contribution in [3.05, 3.63) is 34.9 Å². The molecule has 0 bridgehead atoms. The Morgan fingerprint density at radius 3 is 3.21 bits per heavy atom. The molecule has 0 aromatic heterocycles. The average molecular weight is 209 g/mol. The summed E-state index contributed by atoms with van der Waals surface area (Å²) in [4.78, 5) is 1.17. The first-order valence-electron chi connectivity index (χ1n) is 4.83. The summed E-state index contributed by atoms with van der Waals surface area (Å²) in [5.41, 5.74) is 1.31. The number of fused-ring (bicyclic) bond motifs is 1. The Bertz CT molecular complexity index is 315. The Hall–Kier alpha value is -0.670. The van der Waals surface area contributed by atoms with E-state index in [4.69, 9.17) is 4.18 Å². The van der Waals surface area contributed by atoms with Crippen LogP contribution in [0.15, 0.2) is 34.9 Å². The number of hydrogen-bond donors (Lipinski definition) is 1. The lowest BCUT2D eigenvalue weighted by Crippen LogP contribution is -2.17. The SMILES string of the molecule is CC1(C)C=CC=C2SOCCNC2=C1. The highest BCUT2D eigenvalue weighted by Crippen LogP contribution is 2.32. The van der Waals surface area contributed by atoms with Crippen LogP contribution in [0.2, 0.25) is 0 Å². The lowest BCUT2D eigenvalue weighted by atomic mass is 9.92. The van der Waals surface area contributed by atoms with Crippen LogP contribution in [-0.4, -0.2) is 13.2 Å². The maximum Gasteiger partial charge on any atom is 0.0791 e. The van der Waals surface area contributed by atoms with Crippen molar-refractivity contribution in [2.75, 3.05) is 13.2 Å². The first-order chi connectivity index (χ1) is 6.67. The second kappa shape index (κ2) is 3.83. The molecule has 2 nitrogen and oxygen atoms in total. The summed E-state index contributed by atoms with van der Waals surface area (Å²) in [6, 6.07) is 0. The van der Waals surface area contributed by atoms with E-state index in [1.165, 1.54) is 22.6 Å². The van der Waals surface area contributed by atoms with Gasteiger partial charge in [0.25, 0.3) is 0 Å². The van der Waals surface area contributed by atoms with Crippen molar-refractivity contribution in [1.82, 2.24) is 5.32 Å². The van der Waals surface area contributed by atoms with Crippen LogP contribution in [0.4, 0.5) is 0 Å². The van der Waals surface area contributed by atoms with E-state index in [1.54, 1.807) is 0 Å². The van der Waals surface area contributed by atoms with E-state index in [1.807, 2.05) is 0 Å². The van der Waals surface area contributed by atoms with E-state index in [0.717, 1.165) is 13.2 Å². The van der Waals surface area contributed by atoms with Crippen molar-refractivity contribution in [1.29, 1.82) is 0 Å². The van der Waals surface area contributed by atoms with Gasteiger partial charge >= 0.3 is 0 Å². The van der Waals surface area contributed by atoms with E-state index in [0.29, 0.717) is 0 Å². The molecule has 1 N–H and O–H groups in total. The fourth-order valence-corrected chi connectivity index (χ4v) is 2.16. The fraction of sp³-hybridized carbons (Fsp3) is 0.455. The van der Waals surface area contributed by atoms with Crippen molar-refractivity contribution >= 4 is 12.0 Å². The van der Waals surface area contributed by atoms with E-state index in [-0.39, 0.29) is 5.41 Å². The maximum atomic E-state index is 5.40. The molecule has 2 aliphatic rings. The number of allylic oxidation sites excluding steroid dienone is 4. The van der Waals surface area contributed by atoms with Crippen LogP contribution < -0.4 is 5.32 Å². The number of nitrogens with one attached hydrogen (secondary N) is 1. The molecule has 0 aromatic rings. The Labute approximate surface area is 89.3 Å². The van der Waals surface area contributed by atoms with Gasteiger partial charge in [-0.05, 0) is 6.08 Å². The molecule has 1 heterocycles. The molecule has 14 heavy (non-hydrogen) atoms. The van der Waals surface area contributed by atoms with Gasteiger partial charge in [-0.25, -0.2) is 0 Å². The number of rotatable bonds is 0. The zero-order valence-electron chi connectivity index (χ0n) is 8.54. The van der Waals surface area contributed by atoms with Crippen LogP contribution in [0, 0.1) is 5.41 Å². The summed E-state index contributed by atoms with van der Waals surface area (Å²) >= 11 is 1.46. The molecule has 2 rings (SSSR count). The summed E-state index contributed by atoms with van der Waals surface area (Å²) < 4.78 is 5.40. The molecule has 76 valence electrons. The fourth-order valence-electron chi connectivity index (χ4n) is 1.51. The van der Waals surface area contributed by atoms with Gasteiger partial charge in [-0.1, -0.05) is 32.1 Å². The molecule has 0 amide bonds. The molecule has 1 aliphatic heterocycles. The minimum absolute atomic E-state index is 0.117. The van der Waals surface area contributed by atoms with Crippen LogP contribution >= 0.6 is 12.0 Å². The monoisotopic (exact) mass is 209 g/mol. The highest BCUT2D eigenvalue weighted by molar-refractivity contribution is 7.98. The van der Waals surface area contributed by atoms with Crippen molar-refractivity contribution in [2.24, 2.45) is 5.41 Å². The smallest absolute Gasteiger partial charge is 0.0791 e. The molecule has 1 fully saturated rings. The highest BCUT2D eigenvalue weighted by atomic mass is 32.2. The van der Waals surface area contributed by atoms with Gasteiger partial charge in [0.1, 0.15) is 0 Å². The minimum atomic E-state index is 0.117. The Morgan fingerprint density at radius 2 is 2.36 bits per heavy atom. The van der Waals surface area contributed by atoms with Crippen molar-refractivity contribution in [3.8, 4) is 0 Å². The molecule has 0 atom stereocenters. The van der Waals surface area contributed by atoms with Gasteiger partial charge < -0.3 is 9.50 Å².